The number of ketones is 1. The second-order valence-electron chi connectivity index (χ2n) is 3.05. The molecule has 2 rings (SSSR count). The molecule has 0 fully saturated rings. The largest absolute Gasteiger partial charge is 0.475 e. The van der Waals surface area contributed by atoms with Gasteiger partial charge in [-0.3, -0.25) is 4.79 Å². The Balaban J connectivity index is 2.55. The molecule has 1 aromatic carbocycles. The molecule has 76 valence electrons. The van der Waals surface area contributed by atoms with E-state index in [0.717, 1.165) is 15.2 Å². The van der Waals surface area contributed by atoms with Gasteiger partial charge >= 0.3 is 5.97 Å². The number of fused-ring (bicyclic) bond motifs is 1. The third kappa shape index (κ3) is 1.73. The van der Waals surface area contributed by atoms with Crippen molar-refractivity contribution >= 4 is 33.3 Å². The molecule has 1 aromatic heterocycles. The Kier molecular flexibility index (Phi) is 2.24. The molecule has 0 unspecified atom stereocenters. The lowest BCUT2D eigenvalue weighted by molar-refractivity contribution is -0.131. The highest BCUT2D eigenvalue weighted by Crippen LogP contribution is 2.22. The highest BCUT2D eigenvalue weighted by atomic mass is 32.1. The van der Waals surface area contributed by atoms with Crippen molar-refractivity contribution in [1.82, 2.24) is 4.98 Å². The summed E-state index contributed by atoms with van der Waals surface area (Å²) in [5.41, 5.74) is 0.984. The first-order valence-corrected chi connectivity index (χ1v) is 5.04. The van der Waals surface area contributed by atoms with Gasteiger partial charge in [0.05, 0.1) is 15.2 Å². The monoisotopic (exact) mass is 221 g/mol. The van der Waals surface area contributed by atoms with Crippen LogP contribution in [0.25, 0.3) is 10.2 Å². The van der Waals surface area contributed by atoms with Crippen LogP contribution in [-0.4, -0.2) is 21.8 Å². The molecular weight excluding hydrogens is 214 g/mol. The number of aryl methyl sites for hydroxylation is 1. The number of Topliss-reactive ketones (excluding diaryl/α,β-unsaturated/α-hetero) is 1. The third-order valence-electron chi connectivity index (χ3n) is 1.95. The number of carboxylic acid groups (broad SMARTS) is 1. The van der Waals surface area contributed by atoms with Gasteiger partial charge in [0.1, 0.15) is 0 Å². The minimum Gasteiger partial charge on any atom is -0.475 e. The summed E-state index contributed by atoms with van der Waals surface area (Å²) in [6.07, 6.45) is 0. The van der Waals surface area contributed by atoms with Gasteiger partial charge in [0.2, 0.25) is 0 Å². The number of hydrogen-bond acceptors (Lipinski definition) is 4. The van der Waals surface area contributed by atoms with Gasteiger partial charge < -0.3 is 5.11 Å². The fourth-order valence-electron chi connectivity index (χ4n) is 1.30. The van der Waals surface area contributed by atoms with Gasteiger partial charge in [0.25, 0.3) is 5.78 Å². The first kappa shape index (κ1) is 9.79. The Bertz CT molecular complexity index is 559. The lowest BCUT2D eigenvalue weighted by Gasteiger charge is -1.94. The van der Waals surface area contributed by atoms with Crippen molar-refractivity contribution in [1.29, 1.82) is 0 Å². The third-order valence-corrected chi connectivity index (χ3v) is 2.89. The van der Waals surface area contributed by atoms with Crippen molar-refractivity contribution in [2.24, 2.45) is 0 Å². The number of thiazole rings is 1. The summed E-state index contributed by atoms with van der Waals surface area (Å²) in [6.45, 7) is 1.86. The van der Waals surface area contributed by atoms with Crippen molar-refractivity contribution in [3.63, 3.8) is 0 Å². The van der Waals surface area contributed by atoms with Gasteiger partial charge in [-0.25, -0.2) is 9.78 Å². The zero-order valence-electron chi connectivity index (χ0n) is 7.85. The summed E-state index contributed by atoms with van der Waals surface area (Å²) in [5.74, 6) is -2.32. The molecule has 1 heterocycles. The molecule has 0 aliphatic rings. The van der Waals surface area contributed by atoms with Crippen LogP contribution in [0.3, 0.4) is 0 Å². The lowest BCUT2D eigenvalue weighted by atomic mass is 10.1. The Morgan fingerprint density at radius 1 is 1.40 bits per heavy atom. The predicted molar refractivity (Wildman–Crippen MR) is 56.3 cm³/mol. The molecule has 0 bridgehead atoms. The fraction of sp³-hybridized carbons (Fsp3) is 0.100. The Labute approximate surface area is 89.2 Å². The van der Waals surface area contributed by atoms with Gasteiger partial charge in [-0.2, -0.15) is 0 Å². The number of nitrogens with zero attached hydrogens (tertiary/aromatic N) is 1. The van der Waals surface area contributed by atoms with Crippen LogP contribution in [0.5, 0.6) is 0 Å². The molecule has 0 aliphatic heterocycles. The maximum absolute atomic E-state index is 11.2. The Morgan fingerprint density at radius 3 is 2.80 bits per heavy atom. The standard InChI is InChI=1S/C10H7NO3S/c1-5-11-7-3-2-6(4-8(7)15-5)9(12)10(13)14/h2-4H,1H3,(H,13,14). The van der Waals surface area contributed by atoms with Crippen LogP contribution >= 0.6 is 11.3 Å². The van der Waals surface area contributed by atoms with Crippen LogP contribution in [0, 0.1) is 6.92 Å². The number of aromatic nitrogens is 1. The Morgan fingerprint density at radius 2 is 2.13 bits per heavy atom. The SMILES string of the molecule is Cc1nc2ccc(C(=O)C(=O)O)cc2s1. The van der Waals surface area contributed by atoms with Crippen molar-refractivity contribution in [2.75, 3.05) is 0 Å². The minimum absolute atomic E-state index is 0.193. The van der Waals surface area contributed by atoms with E-state index in [-0.39, 0.29) is 5.56 Å². The number of carboxylic acids is 1. The molecule has 0 saturated heterocycles. The Hall–Kier alpha value is -1.75. The van der Waals surface area contributed by atoms with Gasteiger partial charge in [-0.05, 0) is 25.1 Å². The number of hydrogen-bond donors (Lipinski definition) is 1. The summed E-state index contributed by atoms with van der Waals surface area (Å²) < 4.78 is 0.833. The molecule has 4 nitrogen and oxygen atoms in total. The van der Waals surface area contributed by atoms with Crippen LogP contribution in [0.2, 0.25) is 0 Å². The van der Waals surface area contributed by atoms with Crippen LogP contribution in [-0.2, 0) is 4.79 Å². The lowest BCUT2D eigenvalue weighted by Crippen LogP contribution is -2.12. The van der Waals surface area contributed by atoms with Crippen molar-refractivity contribution < 1.29 is 14.7 Å². The molecule has 0 atom stereocenters. The van der Waals surface area contributed by atoms with Gasteiger partial charge in [0.15, 0.2) is 0 Å². The van der Waals surface area contributed by atoms with E-state index in [4.69, 9.17) is 5.11 Å². The van der Waals surface area contributed by atoms with E-state index in [2.05, 4.69) is 4.98 Å². The van der Waals surface area contributed by atoms with Crippen LogP contribution in [0.4, 0.5) is 0 Å². The van der Waals surface area contributed by atoms with Gasteiger partial charge in [-0.1, -0.05) is 0 Å². The molecule has 1 N–H and O–H groups in total. The van der Waals surface area contributed by atoms with Gasteiger partial charge in [0, 0.05) is 5.56 Å². The molecule has 0 radical (unpaired) electrons. The number of aliphatic carboxylic acids is 1. The van der Waals surface area contributed by atoms with E-state index in [0.29, 0.717) is 0 Å². The van der Waals surface area contributed by atoms with Crippen molar-refractivity contribution in [3.8, 4) is 0 Å². The topological polar surface area (TPSA) is 67.3 Å². The summed E-state index contributed by atoms with van der Waals surface area (Å²) in [4.78, 5) is 25.9. The van der Waals surface area contributed by atoms with Crippen molar-refractivity contribution in [2.45, 2.75) is 6.92 Å². The average molecular weight is 221 g/mol. The molecule has 5 heteroatoms. The molecule has 0 amide bonds. The molecule has 15 heavy (non-hydrogen) atoms. The molecular formula is C10H7NO3S. The normalized spacial score (nSPS) is 10.5. The fourth-order valence-corrected chi connectivity index (χ4v) is 2.17. The number of rotatable bonds is 2. The van der Waals surface area contributed by atoms with E-state index in [1.165, 1.54) is 17.4 Å². The molecule has 0 spiro atoms. The van der Waals surface area contributed by atoms with Crippen LogP contribution < -0.4 is 0 Å². The van der Waals surface area contributed by atoms with Crippen LogP contribution in [0.15, 0.2) is 18.2 Å². The minimum atomic E-state index is -1.43. The van der Waals surface area contributed by atoms with E-state index in [1.54, 1.807) is 12.1 Å². The maximum Gasteiger partial charge on any atom is 0.377 e. The second-order valence-corrected chi connectivity index (χ2v) is 4.28. The highest BCUT2D eigenvalue weighted by Gasteiger charge is 2.15. The molecule has 2 aromatic rings. The van der Waals surface area contributed by atoms with Gasteiger partial charge in [-0.15, -0.1) is 11.3 Å². The highest BCUT2D eigenvalue weighted by molar-refractivity contribution is 7.18. The zero-order chi connectivity index (χ0) is 11.0. The molecule has 0 saturated carbocycles. The quantitative estimate of drug-likeness (QED) is 0.621. The summed E-state index contributed by atoms with van der Waals surface area (Å²) in [6, 6.07) is 4.71. The van der Waals surface area contributed by atoms with E-state index < -0.39 is 11.8 Å². The summed E-state index contributed by atoms with van der Waals surface area (Å²) in [5, 5.41) is 9.44. The predicted octanol–water partition coefficient (Wildman–Crippen LogP) is 1.87. The second kappa shape index (κ2) is 3.43. The first-order valence-electron chi connectivity index (χ1n) is 4.23. The summed E-state index contributed by atoms with van der Waals surface area (Å²) >= 11 is 1.44. The summed E-state index contributed by atoms with van der Waals surface area (Å²) in [7, 11) is 0. The number of benzene rings is 1. The smallest absolute Gasteiger partial charge is 0.377 e. The van der Waals surface area contributed by atoms with E-state index >= 15 is 0 Å². The maximum atomic E-state index is 11.2. The van der Waals surface area contributed by atoms with Crippen LogP contribution in [0.1, 0.15) is 15.4 Å². The average Bonchev–Trinajstić information content (AvgIpc) is 2.55. The van der Waals surface area contributed by atoms with E-state index in [9.17, 15) is 9.59 Å². The van der Waals surface area contributed by atoms with E-state index in [1.807, 2.05) is 6.92 Å². The van der Waals surface area contributed by atoms with Crippen molar-refractivity contribution in [3.05, 3.63) is 28.8 Å². The number of carbonyl (C=O) groups is 2. The number of carbonyl (C=O) groups excluding carboxylic acids is 1. The zero-order valence-corrected chi connectivity index (χ0v) is 8.67. The molecule has 0 aliphatic carbocycles. The first-order chi connectivity index (χ1) is 7.08.